The number of sulfonamides is 1. The lowest BCUT2D eigenvalue weighted by Crippen LogP contribution is -2.52. The molecule has 1 atom stereocenters. The first-order valence-electron chi connectivity index (χ1n) is 12.1. The molecule has 196 valence electrons. The van der Waals surface area contributed by atoms with Gasteiger partial charge in [0, 0.05) is 18.6 Å². The Morgan fingerprint density at radius 1 is 0.946 bits per heavy atom. The van der Waals surface area contributed by atoms with Crippen molar-refractivity contribution in [3.8, 4) is 0 Å². The topological polar surface area (TPSA) is 86.8 Å². The Bertz CT molecular complexity index is 1300. The highest BCUT2D eigenvalue weighted by molar-refractivity contribution is 7.92. The normalized spacial score (nSPS) is 12.0. The van der Waals surface area contributed by atoms with Crippen LogP contribution < -0.4 is 9.62 Å². The van der Waals surface area contributed by atoms with Gasteiger partial charge in [0.05, 0.1) is 10.6 Å². The highest BCUT2D eigenvalue weighted by atomic mass is 35.5. The van der Waals surface area contributed by atoms with E-state index in [0.29, 0.717) is 23.6 Å². The Balaban J connectivity index is 1.99. The van der Waals surface area contributed by atoms with Crippen LogP contribution in [0, 0.1) is 6.92 Å². The minimum Gasteiger partial charge on any atom is -0.357 e. The van der Waals surface area contributed by atoms with Gasteiger partial charge in [-0.05, 0) is 61.7 Å². The third-order valence-corrected chi connectivity index (χ3v) is 8.16. The molecule has 0 fully saturated rings. The monoisotopic (exact) mass is 541 g/mol. The first kappa shape index (κ1) is 28.2. The first-order valence-corrected chi connectivity index (χ1v) is 13.9. The second kappa shape index (κ2) is 12.7. The summed E-state index contributed by atoms with van der Waals surface area (Å²) in [5.41, 5.74) is 2.22. The molecular formula is C28H32ClN3O4S. The fraction of sp³-hybridized carbons (Fsp3) is 0.286. The van der Waals surface area contributed by atoms with Gasteiger partial charge in [0.25, 0.3) is 10.0 Å². The maximum absolute atomic E-state index is 13.8. The standard InChI is InChI=1S/C28H32ClN3O4S/c1-4-26(28(34)30-3)31(19-18-22-8-6-5-7-9-22)27(33)20-32(24-14-12-23(29)13-15-24)37(35,36)25-16-10-21(2)11-17-25/h5-17,26H,4,18-20H2,1-3H3,(H,30,34). The van der Waals surface area contributed by atoms with Gasteiger partial charge in [0.2, 0.25) is 11.8 Å². The van der Waals surface area contributed by atoms with Crippen LogP contribution in [0.5, 0.6) is 0 Å². The van der Waals surface area contributed by atoms with Crippen molar-refractivity contribution in [2.75, 3.05) is 24.4 Å². The number of nitrogens with one attached hydrogen (secondary N) is 1. The number of carbonyl (C=O) groups is 2. The van der Waals surface area contributed by atoms with E-state index in [1.165, 1.54) is 24.1 Å². The lowest BCUT2D eigenvalue weighted by atomic mass is 10.1. The Morgan fingerprint density at radius 2 is 1.57 bits per heavy atom. The summed E-state index contributed by atoms with van der Waals surface area (Å²) < 4.78 is 28.5. The van der Waals surface area contributed by atoms with Crippen molar-refractivity contribution in [1.29, 1.82) is 0 Å². The van der Waals surface area contributed by atoms with Crippen molar-refractivity contribution < 1.29 is 18.0 Å². The van der Waals surface area contributed by atoms with Gasteiger partial charge in [-0.3, -0.25) is 13.9 Å². The van der Waals surface area contributed by atoms with Crippen LogP contribution in [0.15, 0.2) is 83.8 Å². The van der Waals surface area contributed by atoms with Crippen LogP contribution in [0.2, 0.25) is 5.02 Å². The van der Waals surface area contributed by atoms with Crippen LogP contribution >= 0.6 is 11.6 Å². The zero-order valence-electron chi connectivity index (χ0n) is 21.2. The maximum atomic E-state index is 13.8. The molecule has 1 N–H and O–H groups in total. The quantitative estimate of drug-likeness (QED) is 0.389. The summed E-state index contributed by atoms with van der Waals surface area (Å²) in [6.45, 7) is 3.47. The fourth-order valence-electron chi connectivity index (χ4n) is 4.04. The smallest absolute Gasteiger partial charge is 0.264 e. The van der Waals surface area contributed by atoms with Crippen LogP contribution in [0.4, 0.5) is 5.69 Å². The van der Waals surface area contributed by atoms with Crippen LogP contribution in [0.25, 0.3) is 0 Å². The Labute approximate surface area is 224 Å². The molecule has 3 aromatic rings. The Morgan fingerprint density at radius 3 is 2.14 bits per heavy atom. The molecule has 0 aliphatic rings. The van der Waals surface area contributed by atoms with E-state index in [9.17, 15) is 18.0 Å². The van der Waals surface area contributed by atoms with Gasteiger partial charge in [0.1, 0.15) is 12.6 Å². The molecule has 0 spiro atoms. The predicted octanol–water partition coefficient (Wildman–Crippen LogP) is 4.44. The van der Waals surface area contributed by atoms with Crippen LogP contribution in [-0.4, -0.2) is 51.3 Å². The van der Waals surface area contributed by atoms with Gasteiger partial charge >= 0.3 is 0 Å². The minimum absolute atomic E-state index is 0.0648. The number of benzene rings is 3. The van der Waals surface area contributed by atoms with Crippen molar-refractivity contribution in [3.05, 3.63) is 95.0 Å². The summed E-state index contributed by atoms with van der Waals surface area (Å²) in [4.78, 5) is 28.0. The summed E-state index contributed by atoms with van der Waals surface area (Å²) in [5.74, 6) is -0.777. The molecule has 0 aliphatic carbocycles. The molecule has 0 saturated carbocycles. The van der Waals surface area contributed by atoms with E-state index in [4.69, 9.17) is 11.6 Å². The SMILES string of the molecule is CCC(C(=O)NC)N(CCc1ccccc1)C(=O)CN(c1ccc(Cl)cc1)S(=O)(=O)c1ccc(C)cc1. The molecule has 3 rings (SSSR count). The molecule has 1 unspecified atom stereocenters. The summed E-state index contributed by atoms with van der Waals surface area (Å²) in [6.07, 6.45) is 0.900. The van der Waals surface area contributed by atoms with Crippen molar-refractivity contribution >= 4 is 39.1 Å². The van der Waals surface area contributed by atoms with Crippen molar-refractivity contribution in [1.82, 2.24) is 10.2 Å². The van der Waals surface area contributed by atoms with Gasteiger partial charge < -0.3 is 10.2 Å². The number of rotatable bonds is 11. The molecule has 0 aromatic heterocycles. The number of hydrogen-bond donors (Lipinski definition) is 1. The summed E-state index contributed by atoms with van der Waals surface area (Å²) >= 11 is 6.04. The molecule has 3 aromatic carbocycles. The Kier molecular flexibility index (Phi) is 9.72. The van der Waals surface area contributed by atoms with E-state index in [-0.39, 0.29) is 17.3 Å². The van der Waals surface area contributed by atoms with Gasteiger partial charge in [-0.1, -0.05) is 66.6 Å². The third kappa shape index (κ3) is 7.11. The first-order chi connectivity index (χ1) is 17.7. The van der Waals surface area contributed by atoms with Gasteiger partial charge in [-0.2, -0.15) is 0 Å². The third-order valence-electron chi connectivity index (χ3n) is 6.12. The number of hydrogen-bond acceptors (Lipinski definition) is 4. The number of nitrogens with zero attached hydrogens (tertiary/aromatic N) is 2. The van der Waals surface area contributed by atoms with Crippen LogP contribution in [0.3, 0.4) is 0 Å². The molecule has 7 nitrogen and oxygen atoms in total. The summed E-state index contributed by atoms with van der Waals surface area (Å²) in [6, 6.07) is 21.6. The molecule has 0 aliphatic heterocycles. The highest BCUT2D eigenvalue weighted by Gasteiger charge is 2.33. The van der Waals surface area contributed by atoms with E-state index < -0.39 is 28.5 Å². The zero-order chi connectivity index (χ0) is 27.0. The number of halogens is 1. The van der Waals surface area contributed by atoms with E-state index in [1.54, 1.807) is 36.4 Å². The number of amides is 2. The maximum Gasteiger partial charge on any atom is 0.264 e. The molecular weight excluding hydrogens is 510 g/mol. The fourth-order valence-corrected chi connectivity index (χ4v) is 5.58. The number of anilines is 1. The minimum atomic E-state index is -4.10. The van der Waals surface area contributed by atoms with Gasteiger partial charge in [-0.25, -0.2) is 8.42 Å². The number of aryl methyl sites for hydroxylation is 1. The molecule has 0 bridgehead atoms. The lowest BCUT2D eigenvalue weighted by Gasteiger charge is -2.33. The number of carbonyl (C=O) groups excluding carboxylic acids is 2. The summed E-state index contributed by atoms with van der Waals surface area (Å²) in [5, 5.41) is 3.07. The van der Waals surface area contributed by atoms with E-state index >= 15 is 0 Å². The average Bonchev–Trinajstić information content (AvgIpc) is 2.90. The molecule has 0 heterocycles. The van der Waals surface area contributed by atoms with E-state index in [1.807, 2.05) is 44.2 Å². The second-order valence-electron chi connectivity index (χ2n) is 8.66. The van der Waals surface area contributed by atoms with Crippen LogP contribution in [0.1, 0.15) is 24.5 Å². The van der Waals surface area contributed by atoms with Gasteiger partial charge in [0.15, 0.2) is 0 Å². The largest absolute Gasteiger partial charge is 0.357 e. The summed E-state index contributed by atoms with van der Waals surface area (Å²) in [7, 11) is -2.57. The highest BCUT2D eigenvalue weighted by Crippen LogP contribution is 2.26. The van der Waals surface area contributed by atoms with Crippen molar-refractivity contribution in [3.63, 3.8) is 0 Å². The number of likely N-dealkylation sites (N-methyl/N-ethyl adjacent to an activating group) is 1. The van der Waals surface area contributed by atoms with Gasteiger partial charge in [-0.15, -0.1) is 0 Å². The van der Waals surface area contributed by atoms with E-state index in [2.05, 4.69) is 5.32 Å². The second-order valence-corrected chi connectivity index (χ2v) is 11.0. The van der Waals surface area contributed by atoms with E-state index in [0.717, 1.165) is 15.4 Å². The van der Waals surface area contributed by atoms with Crippen molar-refractivity contribution in [2.24, 2.45) is 0 Å². The molecule has 0 radical (unpaired) electrons. The predicted molar refractivity (Wildman–Crippen MR) is 147 cm³/mol. The van der Waals surface area contributed by atoms with Crippen LogP contribution in [-0.2, 0) is 26.0 Å². The average molecular weight is 542 g/mol. The molecule has 9 heteroatoms. The molecule has 2 amide bonds. The Hall–Kier alpha value is -3.36. The molecule has 37 heavy (non-hydrogen) atoms. The molecule has 0 saturated heterocycles. The lowest BCUT2D eigenvalue weighted by molar-refractivity contribution is -0.139. The van der Waals surface area contributed by atoms with Crippen molar-refractivity contribution in [2.45, 2.75) is 37.6 Å². The zero-order valence-corrected chi connectivity index (χ0v) is 22.8.